The van der Waals surface area contributed by atoms with E-state index in [1.807, 2.05) is 30.3 Å². The molecule has 0 unspecified atom stereocenters. The average Bonchev–Trinajstić information content (AvgIpc) is 3.03. The number of hydrogen-bond acceptors (Lipinski definition) is 3. The first-order valence-electron chi connectivity index (χ1n) is 8.04. The number of ether oxygens (including phenoxy) is 1. The molecule has 0 spiro atoms. The van der Waals surface area contributed by atoms with Gasteiger partial charge in [-0.3, -0.25) is 0 Å². The van der Waals surface area contributed by atoms with Crippen molar-refractivity contribution in [3.05, 3.63) is 41.9 Å². The quantitative estimate of drug-likeness (QED) is 0.884. The van der Waals surface area contributed by atoms with Gasteiger partial charge < -0.3 is 14.8 Å². The molecule has 0 bridgehead atoms. The van der Waals surface area contributed by atoms with Crippen molar-refractivity contribution < 1.29 is 14.6 Å². The largest absolute Gasteiger partial charge is 0.477 e. The van der Waals surface area contributed by atoms with E-state index in [4.69, 9.17) is 9.72 Å². The van der Waals surface area contributed by atoms with E-state index >= 15 is 0 Å². The summed E-state index contributed by atoms with van der Waals surface area (Å²) in [6.07, 6.45) is 5.40. The van der Waals surface area contributed by atoms with Crippen molar-refractivity contribution in [2.45, 2.75) is 37.5 Å². The first-order chi connectivity index (χ1) is 11.2. The molecule has 2 N–H and O–H groups in total. The minimum Gasteiger partial charge on any atom is -0.477 e. The molecule has 1 aliphatic carbocycles. The van der Waals surface area contributed by atoms with E-state index < -0.39 is 5.97 Å². The number of aromatic amines is 1. The summed E-state index contributed by atoms with van der Waals surface area (Å²) in [6.45, 7) is 0.563. The number of rotatable bonds is 5. The highest BCUT2D eigenvalue weighted by Crippen LogP contribution is 2.39. The van der Waals surface area contributed by atoms with Crippen LogP contribution in [0.3, 0.4) is 0 Å². The topological polar surface area (TPSA) is 75.2 Å². The van der Waals surface area contributed by atoms with Gasteiger partial charge in [-0.25, -0.2) is 9.78 Å². The van der Waals surface area contributed by atoms with Gasteiger partial charge in [0.25, 0.3) is 0 Å². The summed E-state index contributed by atoms with van der Waals surface area (Å²) in [6, 6.07) is 9.46. The molecule has 1 fully saturated rings. The van der Waals surface area contributed by atoms with Gasteiger partial charge in [-0.1, -0.05) is 49.6 Å². The van der Waals surface area contributed by atoms with Crippen LogP contribution in [0.1, 0.15) is 48.4 Å². The maximum Gasteiger partial charge on any atom is 0.354 e. The zero-order valence-electron chi connectivity index (χ0n) is 13.3. The van der Waals surface area contributed by atoms with Gasteiger partial charge in [0.1, 0.15) is 11.5 Å². The van der Waals surface area contributed by atoms with Gasteiger partial charge in [0.15, 0.2) is 5.69 Å². The monoisotopic (exact) mass is 314 g/mol. The highest BCUT2D eigenvalue weighted by molar-refractivity contribution is 5.93. The number of carbonyl (C=O) groups is 1. The molecule has 1 saturated carbocycles. The lowest BCUT2D eigenvalue weighted by Crippen LogP contribution is -2.35. The van der Waals surface area contributed by atoms with Crippen molar-refractivity contribution in [3.8, 4) is 11.3 Å². The molecule has 1 aliphatic rings. The summed E-state index contributed by atoms with van der Waals surface area (Å²) in [5, 5.41) is 9.55. The minimum absolute atomic E-state index is 0.159. The van der Waals surface area contributed by atoms with Crippen LogP contribution in [0.25, 0.3) is 11.3 Å². The zero-order valence-corrected chi connectivity index (χ0v) is 13.3. The zero-order chi connectivity index (χ0) is 16.3. The van der Waals surface area contributed by atoms with Gasteiger partial charge in [0.2, 0.25) is 0 Å². The fraction of sp³-hybridized carbons (Fsp3) is 0.444. The van der Waals surface area contributed by atoms with Crippen LogP contribution in [0.5, 0.6) is 0 Å². The maximum absolute atomic E-state index is 11.7. The van der Waals surface area contributed by atoms with Crippen LogP contribution in [0.4, 0.5) is 0 Å². The molecule has 2 aromatic rings. The number of nitrogens with one attached hydrogen (secondary N) is 1. The molecule has 122 valence electrons. The smallest absolute Gasteiger partial charge is 0.354 e. The molecule has 23 heavy (non-hydrogen) atoms. The average molecular weight is 314 g/mol. The van der Waals surface area contributed by atoms with Crippen LogP contribution in [0.2, 0.25) is 0 Å². The molecule has 0 aliphatic heterocycles. The Morgan fingerprint density at radius 2 is 1.96 bits per heavy atom. The van der Waals surface area contributed by atoms with E-state index in [1.165, 1.54) is 6.42 Å². The first-order valence-corrected chi connectivity index (χ1v) is 8.04. The molecule has 1 aromatic carbocycles. The van der Waals surface area contributed by atoms with Crippen molar-refractivity contribution in [2.24, 2.45) is 0 Å². The van der Waals surface area contributed by atoms with Crippen molar-refractivity contribution in [3.63, 3.8) is 0 Å². The number of imidazole rings is 1. The third kappa shape index (κ3) is 3.01. The Morgan fingerprint density at radius 1 is 1.26 bits per heavy atom. The van der Waals surface area contributed by atoms with Gasteiger partial charge in [0.05, 0.1) is 12.0 Å². The lowest BCUT2D eigenvalue weighted by molar-refractivity contribution is 0.0690. The van der Waals surface area contributed by atoms with Crippen molar-refractivity contribution in [1.29, 1.82) is 0 Å². The molecule has 0 saturated heterocycles. The van der Waals surface area contributed by atoms with Crippen molar-refractivity contribution >= 4 is 5.97 Å². The Kier molecular flexibility index (Phi) is 4.48. The third-order valence-corrected chi connectivity index (χ3v) is 4.70. The van der Waals surface area contributed by atoms with Crippen molar-refractivity contribution in [1.82, 2.24) is 9.97 Å². The fourth-order valence-electron chi connectivity index (χ4n) is 3.54. The number of aromatic carboxylic acids is 1. The van der Waals surface area contributed by atoms with Gasteiger partial charge >= 0.3 is 5.97 Å². The number of hydrogen-bond donors (Lipinski definition) is 2. The SMILES string of the molecule is COCC1(c2nc(-c3ccccc3)c(C(=O)O)[nH]2)CCCCC1. The second kappa shape index (κ2) is 6.54. The van der Waals surface area contributed by atoms with Crippen molar-refractivity contribution in [2.75, 3.05) is 13.7 Å². The van der Waals surface area contributed by atoms with E-state index in [0.29, 0.717) is 12.3 Å². The Bertz CT molecular complexity index is 667. The third-order valence-electron chi connectivity index (χ3n) is 4.70. The highest BCUT2D eigenvalue weighted by Gasteiger charge is 2.38. The summed E-state index contributed by atoms with van der Waals surface area (Å²) in [7, 11) is 1.69. The number of benzene rings is 1. The summed E-state index contributed by atoms with van der Waals surface area (Å²) in [4.78, 5) is 19.4. The predicted molar refractivity (Wildman–Crippen MR) is 87.6 cm³/mol. The Balaban J connectivity index is 2.08. The van der Waals surface area contributed by atoms with Gasteiger partial charge in [0, 0.05) is 12.7 Å². The minimum atomic E-state index is -0.981. The van der Waals surface area contributed by atoms with Crippen LogP contribution in [0, 0.1) is 0 Å². The number of H-pyrrole nitrogens is 1. The molecule has 3 rings (SSSR count). The normalized spacial score (nSPS) is 17.1. The molecule has 0 amide bonds. The summed E-state index contributed by atoms with van der Waals surface area (Å²) in [5.74, 6) is -0.235. The Hall–Kier alpha value is -2.14. The molecular formula is C18H22N2O3. The van der Waals surface area contributed by atoms with Gasteiger partial charge in [-0.2, -0.15) is 0 Å². The number of nitrogens with zero attached hydrogens (tertiary/aromatic N) is 1. The highest BCUT2D eigenvalue weighted by atomic mass is 16.5. The van der Waals surface area contributed by atoms with E-state index in [1.54, 1.807) is 7.11 Å². The van der Waals surface area contributed by atoms with E-state index in [9.17, 15) is 9.90 Å². The first kappa shape index (κ1) is 15.7. The fourth-order valence-corrected chi connectivity index (χ4v) is 3.54. The number of carboxylic acids is 1. The number of aromatic nitrogens is 2. The lowest BCUT2D eigenvalue weighted by Gasteiger charge is -2.34. The molecule has 0 atom stereocenters. The van der Waals surface area contributed by atoms with Crippen LogP contribution in [0.15, 0.2) is 30.3 Å². The Labute approximate surface area is 135 Å². The molecule has 5 nitrogen and oxygen atoms in total. The van der Waals surface area contributed by atoms with E-state index in [2.05, 4.69) is 4.98 Å². The molecule has 1 aromatic heterocycles. The lowest BCUT2D eigenvalue weighted by atomic mass is 9.74. The number of methoxy groups -OCH3 is 1. The molecular weight excluding hydrogens is 292 g/mol. The number of carboxylic acid groups (broad SMARTS) is 1. The summed E-state index contributed by atoms with van der Waals surface area (Å²) < 4.78 is 5.45. The van der Waals surface area contributed by atoms with Gasteiger partial charge in [-0.15, -0.1) is 0 Å². The summed E-state index contributed by atoms with van der Waals surface area (Å²) >= 11 is 0. The van der Waals surface area contributed by atoms with E-state index in [-0.39, 0.29) is 11.1 Å². The van der Waals surface area contributed by atoms with E-state index in [0.717, 1.165) is 37.1 Å². The summed E-state index contributed by atoms with van der Waals surface area (Å²) in [5.41, 5.74) is 1.28. The predicted octanol–water partition coefficient (Wildman–Crippen LogP) is 3.62. The molecule has 0 radical (unpaired) electrons. The van der Waals surface area contributed by atoms with Gasteiger partial charge in [-0.05, 0) is 12.8 Å². The molecule has 1 heterocycles. The van der Waals surface area contributed by atoms with Crippen LogP contribution in [-0.4, -0.2) is 34.8 Å². The standard InChI is InChI=1S/C18H22N2O3/c1-23-12-18(10-6-3-7-11-18)17-19-14(15(20-17)16(21)22)13-8-4-2-5-9-13/h2,4-5,8-9H,3,6-7,10-12H2,1H3,(H,19,20)(H,21,22). The second-order valence-corrected chi connectivity index (χ2v) is 6.25. The van der Waals surface area contributed by atoms with Crippen LogP contribution in [-0.2, 0) is 10.2 Å². The molecule has 5 heteroatoms. The van der Waals surface area contributed by atoms with Crippen LogP contribution >= 0.6 is 0 Å². The second-order valence-electron chi connectivity index (χ2n) is 6.25. The maximum atomic E-state index is 11.7. The van der Waals surface area contributed by atoms with Crippen LogP contribution < -0.4 is 0 Å². The Morgan fingerprint density at radius 3 is 2.57 bits per heavy atom.